The van der Waals surface area contributed by atoms with Crippen LogP contribution in [0.3, 0.4) is 0 Å². The molecule has 0 saturated heterocycles. The summed E-state index contributed by atoms with van der Waals surface area (Å²) in [6.07, 6.45) is 12.5. The van der Waals surface area contributed by atoms with Gasteiger partial charge in [0.05, 0.1) is 28.1 Å². The van der Waals surface area contributed by atoms with Gasteiger partial charge >= 0.3 is 0 Å². The molecule has 0 amide bonds. The van der Waals surface area contributed by atoms with Crippen molar-refractivity contribution in [2.45, 2.75) is 63.2 Å². The van der Waals surface area contributed by atoms with Gasteiger partial charge in [-0.1, -0.05) is 43.9 Å². The van der Waals surface area contributed by atoms with E-state index in [4.69, 9.17) is 4.99 Å². The number of nitrogens with zero attached hydrogens (tertiary/aromatic N) is 4. The van der Waals surface area contributed by atoms with Crippen molar-refractivity contribution in [2.75, 3.05) is 0 Å². The van der Waals surface area contributed by atoms with Crippen LogP contribution in [-0.2, 0) is 7.05 Å². The molecule has 0 bridgehead atoms. The Morgan fingerprint density at radius 1 is 1.20 bits per heavy atom. The molecule has 1 saturated carbocycles. The van der Waals surface area contributed by atoms with Gasteiger partial charge in [0.25, 0.3) is 5.56 Å². The highest BCUT2D eigenvalue weighted by molar-refractivity contribution is 8.14. The quantitative estimate of drug-likeness (QED) is 0.878. The SMILES string of the molecule is CC1=Nc2c(c(=O)[nH]n2C2CCCCCCC2)C(c2cnn(C)c2)S1. The molecule has 134 valence electrons. The Kier molecular flexibility index (Phi) is 4.58. The first kappa shape index (κ1) is 16.7. The number of aromatic nitrogens is 4. The number of hydrogen-bond donors (Lipinski definition) is 1. The molecular formula is C18H25N5OS. The number of nitrogens with one attached hydrogen (secondary N) is 1. The summed E-state index contributed by atoms with van der Waals surface area (Å²) in [5.41, 5.74) is 1.84. The summed E-state index contributed by atoms with van der Waals surface area (Å²) in [5, 5.41) is 8.37. The molecule has 1 atom stereocenters. The maximum atomic E-state index is 12.8. The van der Waals surface area contributed by atoms with Crippen molar-refractivity contribution >= 4 is 22.6 Å². The number of hydrogen-bond acceptors (Lipinski definition) is 4. The minimum atomic E-state index is -0.0280. The van der Waals surface area contributed by atoms with Crippen LogP contribution < -0.4 is 5.56 Å². The van der Waals surface area contributed by atoms with Crippen LogP contribution in [0, 0.1) is 0 Å². The monoisotopic (exact) mass is 359 g/mol. The number of aliphatic imine (C=N–C) groups is 1. The summed E-state index contributed by atoms with van der Waals surface area (Å²) in [7, 11) is 1.91. The number of aromatic amines is 1. The van der Waals surface area contributed by atoms with E-state index in [9.17, 15) is 4.79 Å². The van der Waals surface area contributed by atoms with E-state index in [2.05, 4.69) is 14.9 Å². The Morgan fingerprint density at radius 2 is 1.92 bits per heavy atom. The van der Waals surface area contributed by atoms with E-state index in [1.54, 1.807) is 16.4 Å². The average Bonchev–Trinajstić information content (AvgIpc) is 3.11. The van der Waals surface area contributed by atoms with Gasteiger partial charge in [-0.3, -0.25) is 19.3 Å². The second kappa shape index (κ2) is 6.86. The number of H-pyrrole nitrogens is 1. The van der Waals surface area contributed by atoms with Crippen molar-refractivity contribution in [2.24, 2.45) is 12.0 Å². The smallest absolute Gasteiger partial charge is 0.271 e. The van der Waals surface area contributed by atoms with Crippen LogP contribution in [0.5, 0.6) is 0 Å². The van der Waals surface area contributed by atoms with E-state index >= 15 is 0 Å². The molecule has 1 aliphatic carbocycles. The predicted octanol–water partition coefficient (Wildman–Crippen LogP) is 4.08. The van der Waals surface area contributed by atoms with E-state index < -0.39 is 0 Å². The van der Waals surface area contributed by atoms with Gasteiger partial charge in [0, 0.05) is 18.8 Å². The molecule has 7 heteroatoms. The second-order valence-corrected chi connectivity index (χ2v) is 8.42. The molecule has 1 unspecified atom stereocenters. The molecule has 2 aromatic rings. The van der Waals surface area contributed by atoms with Crippen molar-refractivity contribution in [3.05, 3.63) is 33.9 Å². The largest absolute Gasteiger partial charge is 0.275 e. The van der Waals surface area contributed by atoms with Gasteiger partial charge in [-0.2, -0.15) is 5.10 Å². The van der Waals surface area contributed by atoms with Crippen LogP contribution in [-0.4, -0.2) is 24.6 Å². The molecule has 6 nitrogen and oxygen atoms in total. The summed E-state index contributed by atoms with van der Waals surface area (Å²) in [5.74, 6) is 0.834. The summed E-state index contributed by atoms with van der Waals surface area (Å²) in [4.78, 5) is 17.6. The van der Waals surface area contributed by atoms with Crippen molar-refractivity contribution in [3.63, 3.8) is 0 Å². The lowest BCUT2D eigenvalue weighted by Crippen LogP contribution is -2.15. The number of thioether (sulfide) groups is 1. The molecule has 1 N–H and O–H groups in total. The third kappa shape index (κ3) is 3.21. The average molecular weight is 359 g/mol. The fourth-order valence-corrected chi connectivity index (χ4v) is 5.04. The van der Waals surface area contributed by atoms with Gasteiger partial charge in [0.1, 0.15) is 0 Å². The Bertz CT molecular complexity index is 838. The molecular weight excluding hydrogens is 334 g/mol. The molecule has 2 aromatic heterocycles. The summed E-state index contributed by atoms with van der Waals surface area (Å²) < 4.78 is 3.85. The van der Waals surface area contributed by atoms with E-state index in [1.165, 1.54) is 32.1 Å². The lowest BCUT2D eigenvalue weighted by Gasteiger charge is -2.24. The Hall–Kier alpha value is -1.76. The van der Waals surface area contributed by atoms with Crippen LogP contribution in [0.25, 0.3) is 0 Å². The van der Waals surface area contributed by atoms with Gasteiger partial charge in [0.2, 0.25) is 0 Å². The molecule has 3 heterocycles. The zero-order valence-electron chi connectivity index (χ0n) is 14.9. The molecule has 0 aromatic carbocycles. The molecule has 0 radical (unpaired) electrons. The fourth-order valence-electron chi connectivity index (χ4n) is 3.98. The fraction of sp³-hybridized carbons (Fsp3) is 0.611. The Morgan fingerprint density at radius 3 is 2.60 bits per heavy atom. The zero-order chi connectivity index (χ0) is 17.4. The number of aryl methyl sites for hydroxylation is 1. The molecule has 25 heavy (non-hydrogen) atoms. The lowest BCUT2D eigenvalue weighted by molar-refractivity contribution is 0.349. The highest BCUT2D eigenvalue weighted by Crippen LogP contribution is 2.44. The van der Waals surface area contributed by atoms with Crippen molar-refractivity contribution in [1.29, 1.82) is 0 Å². The van der Waals surface area contributed by atoms with Gasteiger partial charge in [-0.25, -0.2) is 4.99 Å². The van der Waals surface area contributed by atoms with Crippen molar-refractivity contribution < 1.29 is 0 Å². The summed E-state index contributed by atoms with van der Waals surface area (Å²) in [6.45, 7) is 2.02. The third-order valence-corrected chi connectivity index (χ3v) is 6.39. The minimum absolute atomic E-state index is 0.00494. The summed E-state index contributed by atoms with van der Waals surface area (Å²) >= 11 is 1.64. The molecule has 4 rings (SSSR count). The van der Waals surface area contributed by atoms with Crippen LogP contribution in [0.2, 0.25) is 0 Å². The Balaban J connectivity index is 1.76. The van der Waals surface area contributed by atoms with Gasteiger partial charge in [-0.05, 0) is 19.8 Å². The zero-order valence-corrected chi connectivity index (χ0v) is 15.7. The predicted molar refractivity (Wildman–Crippen MR) is 102 cm³/mol. The van der Waals surface area contributed by atoms with Crippen molar-refractivity contribution in [3.8, 4) is 0 Å². The Labute approximate surface area is 151 Å². The topological polar surface area (TPSA) is 68.0 Å². The normalized spacial score (nSPS) is 22.2. The highest BCUT2D eigenvalue weighted by atomic mass is 32.2. The van der Waals surface area contributed by atoms with Gasteiger partial charge in [0.15, 0.2) is 5.82 Å². The first-order valence-electron chi connectivity index (χ1n) is 9.18. The molecule has 1 fully saturated rings. The standard InChI is InChI=1S/C18H25N5OS/c1-12-20-17-15(16(25-12)13-10-19-22(2)11-13)18(24)21-23(17)14-8-6-4-3-5-7-9-14/h10-11,14,16H,3-9H2,1-2H3,(H,21,24). The molecule has 2 aliphatic rings. The van der Waals surface area contributed by atoms with E-state index in [1.807, 2.05) is 26.4 Å². The molecule has 0 spiro atoms. The van der Waals surface area contributed by atoms with E-state index in [0.717, 1.165) is 34.8 Å². The number of fused-ring (bicyclic) bond motifs is 1. The van der Waals surface area contributed by atoms with E-state index in [0.29, 0.717) is 6.04 Å². The van der Waals surface area contributed by atoms with Crippen molar-refractivity contribution in [1.82, 2.24) is 19.6 Å². The first-order chi connectivity index (χ1) is 12.1. The maximum absolute atomic E-state index is 12.8. The van der Waals surface area contributed by atoms with Crippen LogP contribution in [0.15, 0.2) is 22.2 Å². The molecule has 1 aliphatic heterocycles. The van der Waals surface area contributed by atoms with Crippen LogP contribution >= 0.6 is 11.8 Å². The minimum Gasteiger partial charge on any atom is -0.275 e. The third-order valence-electron chi connectivity index (χ3n) is 5.22. The number of rotatable bonds is 2. The van der Waals surface area contributed by atoms with E-state index in [-0.39, 0.29) is 10.8 Å². The van der Waals surface area contributed by atoms with Crippen LogP contribution in [0.1, 0.15) is 74.3 Å². The maximum Gasteiger partial charge on any atom is 0.271 e. The lowest BCUT2D eigenvalue weighted by atomic mass is 9.97. The van der Waals surface area contributed by atoms with Crippen LogP contribution in [0.4, 0.5) is 5.82 Å². The highest BCUT2D eigenvalue weighted by Gasteiger charge is 2.32. The second-order valence-electron chi connectivity index (χ2n) is 7.12. The van der Waals surface area contributed by atoms with Gasteiger partial charge in [-0.15, -0.1) is 0 Å². The first-order valence-corrected chi connectivity index (χ1v) is 10.1. The summed E-state index contributed by atoms with van der Waals surface area (Å²) in [6, 6.07) is 0.353. The van der Waals surface area contributed by atoms with Gasteiger partial charge < -0.3 is 0 Å².